The molecule has 1 heterocycles. The molecule has 1 aromatic carbocycles. The fourth-order valence-corrected chi connectivity index (χ4v) is 2.82. The van der Waals surface area contributed by atoms with Crippen molar-refractivity contribution in [3.63, 3.8) is 0 Å². The summed E-state index contributed by atoms with van der Waals surface area (Å²) >= 11 is 4.53. The lowest BCUT2D eigenvalue weighted by Gasteiger charge is -2.24. The molecule has 1 amide bonds. The quantitative estimate of drug-likeness (QED) is 0.830. The molecule has 0 spiro atoms. The molecule has 1 saturated carbocycles. The van der Waals surface area contributed by atoms with Crippen LogP contribution >= 0.6 is 12.6 Å². The number of benzene rings is 1. The zero-order valence-electron chi connectivity index (χ0n) is 11.8. The van der Waals surface area contributed by atoms with Gasteiger partial charge in [-0.05, 0) is 37.0 Å². The summed E-state index contributed by atoms with van der Waals surface area (Å²) in [5.74, 6) is 0.927. The Kier molecular flexibility index (Phi) is 4.34. The molecule has 1 unspecified atom stereocenters. The molecule has 4 heteroatoms. The zero-order valence-corrected chi connectivity index (χ0v) is 12.7. The van der Waals surface area contributed by atoms with Crippen LogP contribution in [0.2, 0.25) is 0 Å². The lowest BCUT2D eigenvalue weighted by Crippen LogP contribution is -2.38. The minimum Gasteiger partial charge on any atom is -0.467 e. The topological polar surface area (TPSA) is 33.5 Å². The van der Waals surface area contributed by atoms with Crippen LogP contribution in [0.25, 0.3) is 0 Å². The highest BCUT2D eigenvalue weighted by Crippen LogP contribution is 2.30. The summed E-state index contributed by atoms with van der Waals surface area (Å²) in [5, 5.41) is -0.303. The minimum absolute atomic E-state index is 0.0982. The molecular weight excluding hydrogens is 282 g/mol. The van der Waals surface area contributed by atoms with Crippen molar-refractivity contribution in [1.29, 1.82) is 0 Å². The summed E-state index contributed by atoms with van der Waals surface area (Å²) < 4.78 is 5.37. The number of carbonyl (C=O) groups excluding carboxylic acids is 1. The molecule has 0 saturated heterocycles. The van der Waals surface area contributed by atoms with Gasteiger partial charge in [0.25, 0.3) is 0 Å². The summed E-state index contributed by atoms with van der Waals surface area (Å²) in [5.41, 5.74) is 1.14. The molecular formula is C17H19NO2S. The lowest BCUT2D eigenvalue weighted by atomic mass is 10.1. The van der Waals surface area contributed by atoms with E-state index >= 15 is 0 Å². The van der Waals surface area contributed by atoms with Crippen molar-refractivity contribution in [3.8, 4) is 0 Å². The molecule has 3 nitrogen and oxygen atoms in total. The summed E-state index contributed by atoms with van der Waals surface area (Å²) in [6.45, 7) is 0.544. The van der Waals surface area contributed by atoms with E-state index in [1.165, 1.54) is 0 Å². The van der Waals surface area contributed by atoms with E-state index in [4.69, 9.17) is 4.42 Å². The minimum atomic E-state index is -0.303. The molecule has 21 heavy (non-hydrogen) atoms. The second-order valence-electron chi connectivity index (χ2n) is 5.48. The van der Waals surface area contributed by atoms with Crippen molar-refractivity contribution in [3.05, 3.63) is 60.1 Å². The molecule has 2 aromatic rings. The first kappa shape index (κ1) is 14.3. The molecule has 1 aliphatic carbocycles. The maximum Gasteiger partial charge on any atom is 0.236 e. The van der Waals surface area contributed by atoms with Crippen LogP contribution in [0, 0.1) is 0 Å². The van der Waals surface area contributed by atoms with Crippen LogP contribution < -0.4 is 0 Å². The Morgan fingerprint density at radius 2 is 2.00 bits per heavy atom. The second kappa shape index (κ2) is 6.39. The van der Waals surface area contributed by atoms with Gasteiger partial charge in [0.1, 0.15) is 5.76 Å². The summed E-state index contributed by atoms with van der Waals surface area (Å²) in [6, 6.07) is 14.1. The van der Waals surface area contributed by atoms with Gasteiger partial charge >= 0.3 is 0 Å². The highest BCUT2D eigenvalue weighted by atomic mass is 32.1. The van der Waals surface area contributed by atoms with Crippen LogP contribution in [0.15, 0.2) is 53.1 Å². The number of amides is 1. The van der Waals surface area contributed by atoms with Gasteiger partial charge < -0.3 is 9.32 Å². The third-order valence-electron chi connectivity index (χ3n) is 3.73. The maximum absolute atomic E-state index is 12.7. The van der Waals surface area contributed by atoms with Crippen molar-refractivity contribution >= 4 is 18.5 Å². The first-order valence-electron chi connectivity index (χ1n) is 7.29. The van der Waals surface area contributed by atoms with E-state index < -0.39 is 0 Å². The highest BCUT2D eigenvalue weighted by Gasteiger charge is 2.35. The maximum atomic E-state index is 12.7. The van der Waals surface area contributed by atoms with E-state index in [1.54, 1.807) is 6.26 Å². The number of carbonyl (C=O) groups is 1. The van der Waals surface area contributed by atoms with Crippen LogP contribution in [0.3, 0.4) is 0 Å². The fourth-order valence-electron chi connectivity index (χ4n) is 2.46. The van der Waals surface area contributed by atoms with E-state index in [1.807, 2.05) is 47.4 Å². The van der Waals surface area contributed by atoms with E-state index in [9.17, 15) is 4.79 Å². The summed E-state index contributed by atoms with van der Waals surface area (Å²) in [6.07, 6.45) is 4.47. The van der Waals surface area contributed by atoms with Crippen molar-refractivity contribution in [2.75, 3.05) is 0 Å². The first-order valence-corrected chi connectivity index (χ1v) is 7.80. The van der Waals surface area contributed by atoms with E-state index in [0.717, 1.165) is 24.2 Å². The third kappa shape index (κ3) is 3.70. The Morgan fingerprint density at radius 1 is 1.24 bits per heavy atom. The molecule has 3 rings (SSSR count). The Labute approximate surface area is 130 Å². The zero-order chi connectivity index (χ0) is 14.7. The van der Waals surface area contributed by atoms with Crippen molar-refractivity contribution in [2.24, 2.45) is 0 Å². The predicted molar refractivity (Wildman–Crippen MR) is 85.2 cm³/mol. The second-order valence-corrected chi connectivity index (χ2v) is 6.11. The van der Waals surface area contributed by atoms with Crippen LogP contribution in [0.5, 0.6) is 0 Å². The average Bonchev–Trinajstić information content (AvgIpc) is 3.21. The molecule has 1 aromatic heterocycles. The monoisotopic (exact) mass is 301 g/mol. The molecule has 0 aliphatic heterocycles. The van der Waals surface area contributed by atoms with Gasteiger partial charge in [-0.15, -0.1) is 0 Å². The SMILES string of the molecule is O=C(C(S)Cc1ccccc1)N(Cc1ccco1)C1CC1. The standard InChI is InChI=1S/C17H19NO2S/c19-17(16(21)11-13-5-2-1-3-6-13)18(14-8-9-14)12-15-7-4-10-20-15/h1-7,10,14,16,21H,8-9,11-12H2. The van der Waals surface area contributed by atoms with Gasteiger partial charge in [-0.3, -0.25) is 4.79 Å². The molecule has 0 N–H and O–H groups in total. The van der Waals surface area contributed by atoms with Crippen molar-refractivity contribution in [1.82, 2.24) is 4.90 Å². The Bertz CT molecular complexity index is 578. The molecule has 0 radical (unpaired) electrons. The Balaban J connectivity index is 1.66. The van der Waals surface area contributed by atoms with Crippen LogP contribution in [0.1, 0.15) is 24.2 Å². The molecule has 1 aliphatic rings. The van der Waals surface area contributed by atoms with E-state index in [0.29, 0.717) is 19.0 Å². The number of nitrogens with zero attached hydrogens (tertiary/aromatic N) is 1. The van der Waals surface area contributed by atoms with Crippen LogP contribution in [-0.2, 0) is 17.8 Å². The average molecular weight is 301 g/mol. The number of rotatable bonds is 6. The Hall–Kier alpha value is -1.68. The van der Waals surface area contributed by atoms with E-state index in [2.05, 4.69) is 12.6 Å². The Morgan fingerprint density at radius 3 is 2.62 bits per heavy atom. The first-order chi connectivity index (χ1) is 10.2. The lowest BCUT2D eigenvalue weighted by molar-refractivity contribution is -0.132. The van der Waals surface area contributed by atoms with Crippen LogP contribution in [0.4, 0.5) is 0 Å². The highest BCUT2D eigenvalue weighted by molar-refractivity contribution is 7.81. The smallest absolute Gasteiger partial charge is 0.236 e. The van der Waals surface area contributed by atoms with Crippen LogP contribution in [-0.4, -0.2) is 22.1 Å². The largest absolute Gasteiger partial charge is 0.467 e. The van der Waals surface area contributed by atoms with Crippen molar-refractivity contribution in [2.45, 2.75) is 37.1 Å². The van der Waals surface area contributed by atoms with Gasteiger partial charge in [0.15, 0.2) is 0 Å². The molecule has 0 bridgehead atoms. The number of hydrogen-bond donors (Lipinski definition) is 1. The van der Waals surface area contributed by atoms with E-state index in [-0.39, 0.29) is 11.2 Å². The van der Waals surface area contributed by atoms with Crippen molar-refractivity contribution < 1.29 is 9.21 Å². The summed E-state index contributed by atoms with van der Waals surface area (Å²) in [4.78, 5) is 14.6. The number of furan rings is 1. The number of thiol groups is 1. The molecule has 110 valence electrons. The summed E-state index contributed by atoms with van der Waals surface area (Å²) in [7, 11) is 0. The van der Waals surface area contributed by atoms with Gasteiger partial charge in [-0.25, -0.2) is 0 Å². The third-order valence-corrected chi connectivity index (χ3v) is 4.14. The fraction of sp³-hybridized carbons (Fsp3) is 0.353. The number of hydrogen-bond acceptors (Lipinski definition) is 3. The van der Waals surface area contributed by atoms with Gasteiger partial charge in [0.2, 0.25) is 5.91 Å². The predicted octanol–water partition coefficient (Wildman–Crippen LogP) is 3.31. The molecule has 1 atom stereocenters. The van der Waals surface area contributed by atoms with Gasteiger partial charge in [-0.1, -0.05) is 30.3 Å². The molecule has 1 fully saturated rings. The normalized spacial score (nSPS) is 15.7. The van der Waals surface area contributed by atoms with Gasteiger partial charge in [0, 0.05) is 6.04 Å². The van der Waals surface area contributed by atoms with Gasteiger partial charge in [-0.2, -0.15) is 12.6 Å². The van der Waals surface area contributed by atoms with Gasteiger partial charge in [0.05, 0.1) is 18.1 Å².